The Balaban J connectivity index is 1.55. The maximum Gasteiger partial charge on any atom is 0.238 e. The summed E-state index contributed by atoms with van der Waals surface area (Å²) in [4.78, 5) is 3.35. The second kappa shape index (κ2) is 6.54. The molecule has 3 rings (SSSR count). The average Bonchev–Trinajstić information content (AvgIpc) is 3.00. The molecule has 1 aromatic heterocycles. The predicted octanol–water partition coefficient (Wildman–Crippen LogP) is 2.15. The van der Waals surface area contributed by atoms with Gasteiger partial charge in [-0.05, 0) is 48.4 Å². The van der Waals surface area contributed by atoms with Crippen LogP contribution < -0.4 is 10.5 Å². The van der Waals surface area contributed by atoms with Crippen LogP contribution in [0.4, 0.5) is 0 Å². The number of benzene rings is 2. The van der Waals surface area contributed by atoms with Gasteiger partial charge in [0, 0.05) is 23.6 Å². The molecule has 0 amide bonds. The quantitative estimate of drug-likeness (QED) is 0.606. The Labute approximate surface area is 135 Å². The van der Waals surface area contributed by atoms with E-state index in [0.29, 0.717) is 0 Å². The summed E-state index contributed by atoms with van der Waals surface area (Å²) in [6.45, 7) is 1.61. The molecule has 2 aromatic carbocycles. The van der Waals surface area contributed by atoms with Crippen molar-refractivity contribution in [1.82, 2.24) is 10.3 Å². The van der Waals surface area contributed by atoms with E-state index in [0.717, 1.165) is 30.6 Å². The topological polar surface area (TPSA) is 88.0 Å². The van der Waals surface area contributed by atoms with E-state index in [1.54, 1.807) is 24.3 Å². The lowest BCUT2D eigenvalue weighted by Crippen LogP contribution is -2.17. The van der Waals surface area contributed by atoms with Crippen LogP contribution in [0.2, 0.25) is 0 Å². The standard InChI is InChI=1S/C17H19N3O2S/c18-23(21,22)15-6-4-13(5-7-15)8-10-19-12-14-2-1-3-17-16(14)9-11-20-17/h1-7,9,11,19-20H,8,10,12H2,(H2,18,21,22). The molecule has 4 N–H and O–H groups in total. The van der Waals surface area contributed by atoms with Crippen LogP contribution >= 0.6 is 0 Å². The Morgan fingerprint density at radius 2 is 1.83 bits per heavy atom. The second-order valence-electron chi connectivity index (χ2n) is 5.47. The molecule has 120 valence electrons. The third-order valence-corrected chi connectivity index (χ3v) is 4.77. The number of sulfonamides is 1. The van der Waals surface area contributed by atoms with Gasteiger partial charge >= 0.3 is 0 Å². The number of aromatic amines is 1. The van der Waals surface area contributed by atoms with Gasteiger partial charge in [-0.3, -0.25) is 0 Å². The molecule has 0 aliphatic carbocycles. The number of fused-ring (bicyclic) bond motifs is 1. The zero-order valence-electron chi connectivity index (χ0n) is 12.6. The van der Waals surface area contributed by atoms with Gasteiger partial charge in [0.2, 0.25) is 10.0 Å². The summed E-state index contributed by atoms with van der Waals surface area (Å²) in [5.74, 6) is 0. The molecule has 0 radical (unpaired) electrons. The Hall–Kier alpha value is -2.15. The number of nitrogens with one attached hydrogen (secondary N) is 2. The van der Waals surface area contributed by atoms with Crippen molar-refractivity contribution in [1.29, 1.82) is 0 Å². The van der Waals surface area contributed by atoms with Crippen LogP contribution in [0.1, 0.15) is 11.1 Å². The zero-order valence-corrected chi connectivity index (χ0v) is 13.4. The first-order valence-electron chi connectivity index (χ1n) is 7.41. The molecule has 1 heterocycles. The Morgan fingerprint density at radius 3 is 2.57 bits per heavy atom. The van der Waals surface area contributed by atoms with Crippen LogP contribution in [-0.2, 0) is 23.0 Å². The summed E-state index contributed by atoms with van der Waals surface area (Å²) >= 11 is 0. The van der Waals surface area contributed by atoms with Crippen LogP contribution in [0.5, 0.6) is 0 Å². The maximum atomic E-state index is 11.2. The van der Waals surface area contributed by atoms with E-state index < -0.39 is 10.0 Å². The van der Waals surface area contributed by atoms with E-state index in [4.69, 9.17) is 5.14 Å². The number of hydrogen-bond donors (Lipinski definition) is 3. The minimum Gasteiger partial charge on any atom is -0.361 e. The summed E-state index contributed by atoms with van der Waals surface area (Å²) in [6.07, 6.45) is 2.77. The SMILES string of the molecule is NS(=O)(=O)c1ccc(CCNCc2cccc3[nH]ccc23)cc1. The molecule has 5 nitrogen and oxygen atoms in total. The highest BCUT2D eigenvalue weighted by Crippen LogP contribution is 2.17. The minimum atomic E-state index is -3.61. The molecule has 0 saturated carbocycles. The lowest BCUT2D eigenvalue weighted by Gasteiger charge is -2.07. The van der Waals surface area contributed by atoms with Crippen molar-refractivity contribution in [2.75, 3.05) is 6.54 Å². The summed E-state index contributed by atoms with van der Waals surface area (Å²) in [6, 6.07) is 15.0. The van der Waals surface area contributed by atoms with Crippen molar-refractivity contribution >= 4 is 20.9 Å². The van der Waals surface area contributed by atoms with Crippen molar-refractivity contribution in [3.63, 3.8) is 0 Å². The first-order valence-corrected chi connectivity index (χ1v) is 8.96. The third-order valence-electron chi connectivity index (χ3n) is 3.84. The van der Waals surface area contributed by atoms with Crippen LogP contribution in [0, 0.1) is 0 Å². The van der Waals surface area contributed by atoms with E-state index in [1.807, 2.05) is 12.3 Å². The van der Waals surface area contributed by atoms with Gasteiger partial charge in [0.15, 0.2) is 0 Å². The average molecular weight is 329 g/mol. The van der Waals surface area contributed by atoms with Gasteiger partial charge < -0.3 is 10.3 Å². The highest BCUT2D eigenvalue weighted by Gasteiger charge is 2.06. The van der Waals surface area contributed by atoms with Gasteiger partial charge in [-0.25, -0.2) is 13.6 Å². The molecule has 6 heteroatoms. The van der Waals surface area contributed by atoms with E-state index >= 15 is 0 Å². The minimum absolute atomic E-state index is 0.147. The molecular weight excluding hydrogens is 310 g/mol. The van der Waals surface area contributed by atoms with E-state index in [2.05, 4.69) is 28.5 Å². The molecule has 0 saturated heterocycles. The van der Waals surface area contributed by atoms with E-state index in [-0.39, 0.29) is 4.90 Å². The molecule has 0 aliphatic heterocycles. The first-order chi connectivity index (χ1) is 11.0. The van der Waals surface area contributed by atoms with Gasteiger partial charge in [0.05, 0.1) is 4.90 Å². The fourth-order valence-electron chi connectivity index (χ4n) is 2.61. The molecule has 3 aromatic rings. The summed E-state index contributed by atoms with van der Waals surface area (Å²) in [7, 11) is -3.61. The highest BCUT2D eigenvalue weighted by molar-refractivity contribution is 7.89. The van der Waals surface area contributed by atoms with Crippen molar-refractivity contribution in [3.8, 4) is 0 Å². The van der Waals surface area contributed by atoms with E-state index in [1.165, 1.54) is 10.9 Å². The summed E-state index contributed by atoms with van der Waals surface area (Å²) in [5, 5.41) is 9.74. The lowest BCUT2D eigenvalue weighted by molar-refractivity contribution is 0.597. The van der Waals surface area contributed by atoms with Crippen LogP contribution in [0.15, 0.2) is 59.6 Å². The van der Waals surface area contributed by atoms with Crippen molar-refractivity contribution < 1.29 is 8.42 Å². The number of aromatic nitrogens is 1. The Morgan fingerprint density at radius 1 is 1.04 bits per heavy atom. The normalized spacial score (nSPS) is 11.9. The maximum absolute atomic E-state index is 11.2. The first kappa shape index (κ1) is 15.7. The van der Waals surface area contributed by atoms with Gasteiger partial charge in [0.1, 0.15) is 0 Å². The van der Waals surface area contributed by atoms with Crippen LogP contribution in [0.25, 0.3) is 10.9 Å². The van der Waals surface area contributed by atoms with Crippen molar-refractivity contribution in [2.45, 2.75) is 17.9 Å². The number of rotatable bonds is 6. The number of primary sulfonamides is 1. The van der Waals surface area contributed by atoms with Gasteiger partial charge in [0.25, 0.3) is 0 Å². The second-order valence-corrected chi connectivity index (χ2v) is 7.03. The third kappa shape index (κ3) is 3.79. The van der Waals surface area contributed by atoms with Gasteiger partial charge in [-0.15, -0.1) is 0 Å². The van der Waals surface area contributed by atoms with E-state index in [9.17, 15) is 8.42 Å². The largest absolute Gasteiger partial charge is 0.361 e. The molecule has 0 aliphatic rings. The number of hydrogen-bond acceptors (Lipinski definition) is 3. The Bertz CT molecular complexity index is 899. The summed E-state index contributed by atoms with van der Waals surface area (Å²) in [5.41, 5.74) is 3.47. The molecule has 0 unspecified atom stereocenters. The number of nitrogens with two attached hydrogens (primary N) is 1. The summed E-state index contributed by atoms with van der Waals surface area (Å²) < 4.78 is 22.4. The molecule has 0 bridgehead atoms. The number of H-pyrrole nitrogens is 1. The Kier molecular flexibility index (Phi) is 4.47. The van der Waals surface area contributed by atoms with Crippen molar-refractivity contribution in [3.05, 3.63) is 65.9 Å². The monoisotopic (exact) mass is 329 g/mol. The zero-order chi connectivity index (χ0) is 16.3. The fourth-order valence-corrected chi connectivity index (χ4v) is 3.12. The van der Waals surface area contributed by atoms with Crippen LogP contribution in [-0.4, -0.2) is 19.9 Å². The molecular formula is C17H19N3O2S. The predicted molar refractivity (Wildman–Crippen MR) is 91.5 cm³/mol. The van der Waals surface area contributed by atoms with Gasteiger partial charge in [-0.2, -0.15) is 0 Å². The lowest BCUT2D eigenvalue weighted by atomic mass is 10.1. The highest BCUT2D eigenvalue weighted by atomic mass is 32.2. The van der Waals surface area contributed by atoms with Crippen LogP contribution in [0.3, 0.4) is 0 Å². The molecule has 0 spiro atoms. The van der Waals surface area contributed by atoms with Crippen molar-refractivity contribution in [2.24, 2.45) is 5.14 Å². The molecule has 23 heavy (non-hydrogen) atoms. The smallest absolute Gasteiger partial charge is 0.238 e. The van der Waals surface area contributed by atoms with Gasteiger partial charge in [-0.1, -0.05) is 24.3 Å². The fraction of sp³-hybridized carbons (Fsp3) is 0.176. The molecule has 0 atom stereocenters. The molecule has 0 fully saturated rings.